The van der Waals surface area contributed by atoms with Crippen molar-refractivity contribution < 1.29 is 18.7 Å². The van der Waals surface area contributed by atoms with Crippen LogP contribution in [0.4, 0.5) is 0 Å². The van der Waals surface area contributed by atoms with Gasteiger partial charge in [0.15, 0.2) is 12.7 Å². The van der Waals surface area contributed by atoms with Crippen LogP contribution >= 0.6 is 11.6 Å². The summed E-state index contributed by atoms with van der Waals surface area (Å²) in [6.07, 6.45) is -0.691. The summed E-state index contributed by atoms with van der Waals surface area (Å²) in [6.45, 7) is 3.38. The molecule has 0 spiro atoms. The van der Waals surface area contributed by atoms with Crippen molar-refractivity contribution in [1.29, 1.82) is 0 Å². The Bertz CT molecular complexity index is 893. The first-order valence-electron chi connectivity index (χ1n) is 8.00. The largest absolute Gasteiger partial charge is 0.480 e. The monoisotopic (exact) mass is 372 g/mol. The highest BCUT2D eigenvalue weighted by atomic mass is 35.5. The van der Waals surface area contributed by atoms with E-state index in [1.54, 1.807) is 31.2 Å². The van der Waals surface area contributed by atoms with Crippen LogP contribution in [0.5, 0.6) is 5.75 Å². The van der Waals surface area contributed by atoms with E-state index in [1.807, 2.05) is 31.2 Å². The van der Waals surface area contributed by atoms with Crippen molar-refractivity contribution in [1.82, 2.24) is 10.2 Å². The minimum atomic E-state index is -0.691. The van der Waals surface area contributed by atoms with E-state index in [1.165, 1.54) is 0 Å². The van der Waals surface area contributed by atoms with Crippen LogP contribution in [0.1, 0.15) is 24.5 Å². The number of ether oxygens (including phenoxy) is 2. The molecule has 1 atom stereocenters. The molecule has 0 saturated heterocycles. The predicted octanol–water partition coefficient (Wildman–Crippen LogP) is 4.38. The Hall–Kier alpha value is -2.86. The van der Waals surface area contributed by atoms with Gasteiger partial charge in [-0.3, -0.25) is 0 Å². The lowest BCUT2D eigenvalue weighted by molar-refractivity contribution is -0.152. The smallest absolute Gasteiger partial charge is 0.344 e. The normalized spacial score (nSPS) is 11.8. The number of benzene rings is 2. The number of aromatic nitrogens is 2. The molecular weight excluding hydrogens is 356 g/mol. The maximum atomic E-state index is 11.9. The van der Waals surface area contributed by atoms with Gasteiger partial charge in [0.1, 0.15) is 5.75 Å². The first-order valence-corrected chi connectivity index (χ1v) is 8.38. The molecule has 1 heterocycles. The van der Waals surface area contributed by atoms with Crippen molar-refractivity contribution in [3.05, 3.63) is 65.0 Å². The van der Waals surface area contributed by atoms with Gasteiger partial charge < -0.3 is 13.9 Å². The quantitative estimate of drug-likeness (QED) is 0.598. The van der Waals surface area contributed by atoms with E-state index in [-0.39, 0.29) is 12.5 Å². The maximum Gasteiger partial charge on any atom is 0.344 e. The van der Waals surface area contributed by atoms with Gasteiger partial charge in [-0.1, -0.05) is 41.4 Å². The number of nitrogens with zero attached hydrogens (tertiary/aromatic N) is 2. The molecule has 7 heteroatoms. The Balaban J connectivity index is 1.58. The molecule has 0 saturated carbocycles. The highest BCUT2D eigenvalue weighted by Crippen LogP contribution is 2.24. The van der Waals surface area contributed by atoms with Gasteiger partial charge in [-0.2, -0.15) is 0 Å². The third-order valence-corrected chi connectivity index (χ3v) is 3.89. The van der Waals surface area contributed by atoms with Crippen LogP contribution < -0.4 is 4.74 Å². The molecule has 0 fully saturated rings. The Morgan fingerprint density at radius 1 is 1.15 bits per heavy atom. The lowest BCUT2D eigenvalue weighted by Gasteiger charge is -2.11. The van der Waals surface area contributed by atoms with Crippen LogP contribution in [0.25, 0.3) is 11.5 Å². The van der Waals surface area contributed by atoms with Crippen molar-refractivity contribution in [2.45, 2.75) is 20.0 Å². The van der Waals surface area contributed by atoms with Gasteiger partial charge in [-0.05, 0) is 38.1 Å². The van der Waals surface area contributed by atoms with E-state index in [9.17, 15) is 4.79 Å². The van der Waals surface area contributed by atoms with Gasteiger partial charge in [0.2, 0.25) is 5.89 Å². The fourth-order valence-corrected chi connectivity index (χ4v) is 2.38. The molecule has 0 aliphatic heterocycles. The average Bonchev–Trinajstić information content (AvgIpc) is 3.12. The van der Waals surface area contributed by atoms with Crippen LogP contribution in [-0.4, -0.2) is 22.8 Å². The van der Waals surface area contributed by atoms with Crippen molar-refractivity contribution >= 4 is 17.6 Å². The summed E-state index contributed by atoms with van der Waals surface area (Å²) in [4.78, 5) is 11.9. The number of hydrogen-bond acceptors (Lipinski definition) is 6. The second kappa shape index (κ2) is 8.01. The minimum absolute atomic E-state index is 0.215. The standard InChI is InChI=1S/C19H17ClN2O4/c1-12-7-9-14(10-8-12)19-22-21-18(26-19)13(2)25-17(23)11-24-16-6-4-3-5-15(16)20/h3-10,13H,11H2,1-2H3/t13-/m0/s1. The molecule has 0 amide bonds. The molecule has 0 N–H and O–H groups in total. The van der Waals surface area contributed by atoms with Gasteiger partial charge >= 0.3 is 5.97 Å². The van der Waals surface area contributed by atoms with Crippen molar-refractivity contribution in [2.24, 2.45) is 0 Å². The molecule has 0 aliphatic carbocycles. The fourth-order valence-electron chi connectivity index (χ4n) is 2.19. The highest BCUT2D eigenvalue weighted by Gasteiger charge is 2.19. The summed E-state index contributed by atoms with van der Waals surface area (Å²) in [5.41, 5.74) is 1.93. The lowest BCUT2D eigenvalue weighted by Crippen LogP contribution is -2.17. The molecule has 2 aromatic carbocycles. The summed E-state index contributed by atoms with van der Waals surface area (Å²) in [6, 6.07) is 14.6. The number of carbonyl (C=O) groups excluding carboxylic acids is 1. The Labute approximate surface area is 155 Å². The van der Waals surface area contributed by atoms with Crippen molar-refractivity contribution in [3.63, 3.8) is 0 Å². The number of rotatable bonds is 6. The molecule has 134 valence electrons. The third-order valence-electron chi connectivity index (χ3n) is 3.58. The minimum Gasteiger partial charge on any atom is -0.480 e. The maximum absolute atomic E-state index is 11.9. The van der Waals surface area contributed by atoms with E-state index in [4.69, 9.17) is 25.5 Å². The van der Waals surface area contributed by atoms with Crippen LogP contribution in [0.15, 0.2) is 52.9 Å². The summed E-state index contributed by atoms with van der Waals surface area (Å²) < 4.78 is 16.2. The second-order valence-corrected chi connectivity index (χ2v) is 6.07. The van der Waals surface area contributed by atoms with E-state index >= 15 is 0 Å². The predicted molar refractivity (Wildman–Crippen MR) is 95.9 cm³/mol. The molecule has 26 heavy (non-hydrogen) atoms. The zero-order chi connectivity index (χ0) is 18.5. The number of aryl methyl sites for hydroxylation is 1. The number of para-hydroxylation sites is 1. The highest BCUT2D eigenvalue weighted by molar-refractivity contribution is 6.32. The Morgan fingerprint density at radius 2 is 1.88 bits per heavy atom. The lowest BCUT2D eigenvalue weighted by atomic mass is 10.1. The number of carbonyl (C=O) groups is 1. The zero-order valence-corrected chi connectivity index (χ0v) is 15.1. The van der Waals surface area contributed by atoms with E-state index in [0.29, 0.717) is 16.7 Å². The molecule has 6 nitrogen and oxygen atoms in total. The zero-order valence-electron chi connectivity index (χ0n) is 14.3. The van der Waals surface area contributed by atoms with Gasteiger partial charge in [0.25, 0.3) is 5.89 Å². The van der Waals surface area contributed by atoms with Gasteiger partial charge in [-0.15, -0.1) is 10.2 Å². The summed E-state index contributed by atoms with van der Waals surface area (Å²) in [7, 11) is 0. The van der Waals surface area contributed by atoms with Crippen molar-refractivity contribution in [3.8, 4) is 17.2 Å². The number of halogens is 1. The van der Waals surface area contributed by atoms with E-state index in [0.717, 1.165) is 11.1 Å². The number of esters is 1. The molecule has 0 radical (unpaired) electrons. The Kier molecular flexibility index (Phi) is 5.53. The van der Waals surface area contributed by atoms with E-state index < -0.39 is 12.1 Å². The van der Waals surface area contributed by atoms with Crippen LogP contribution in [0, 0.1) is 6.92 Å². The summed E-state index contributed by atoms with van der Waals surface area (Å²) in [5, 5.41) is 8.36. The van der Waals surface area contributed by atoms with Crippen LogP contribution in [0.3, 0.4) is 0 Å². The molecule has 1 aromatic heterocycles. The van der Waals surface area contributed by atoms with Gasteiger partial charge in [0.05, 0.1) is 5.02 Å². The summed E-state index contributed by atoms with van der Waals surface area (Å²) >= 11 is 5.97. The topological polar surface area (TPSA) is 74.5 Å². The van der Waals surface area contributed by atoms with Crippen LogP contribution in [0.2, 0.25) is 5.02 Å². The summed E-state index contributed by atoms with van der Waals surface area (Å²) in [5.74, 6) is 0.438. The van der Waals surface area contributed by atoms with Crippen LogP contribution in [-0.2, 0) is 9.53 Å². The Morgan fingerprint density at radius 3 is 2.62 bits per heavy atom. The molecule has 0 unspecified atom stereocenters. The third kappa shape index (κ3) is 4.40. The molecule has 0 bridgehead atoms. The van der Waals surface area contributed by atoms with Gasteiger partial charge in [-0.25, -0.2) is 4.79 Å². The first kappa shape index (κ1) is 17.9. The second-order valence-electron chi connectivity index (χ2n) is 5.66. The first-order chi connectivity index (χ1) is 12.5. The molecule has 0 aliphatic rings. The van der Waals surface area contributed by atoms with E-state index in [2.05, 4.69) is 10.2 Å². The number of hydrogen-bond donors (Lipinski definition) is 0. The SMILES string of the molecule is Cc1ccc(-c2nnc([C@H](C)OC(=O)COc3ccccc3Cl)o2)cc1. The van der Waals surface area contributed by atoms with Crippen molar-refractivity contribution in [2.75, 3.05) is 6.61 Å². The molecule has 3 rings (SSSR count). The molecular formula is C19H17ClN2O4. The fraction of sp³-hybridized carbons (Fsp3) is 0.211. The average molecular weight is 373 g/mol. The van der Waals surface area contributed by atoms with Gasteiger partial charge in [0, 0.05) is 5.56 Å². The molecule has 3 aromatic rings.